The van der Waals surface area contributed by atoms with Gasteiger partial charge in [-0.25, -0.2) is 0 Å². The third kappa shape index (κ3) is 3.57. The van der Waals surface area contributed by atoms with E-state index >= 15 is 0 Å². The van der Waals surface area contributed by atoms with Gasteiger partial charge in [-0.05, 0) is 25.6 Å². The quantitative estimate of drug-likeness (QED) is 0.905. The van der Waals surface area contributed by atoms with Gasteiger partial charge in [0.15, 0.2) is 0 Å². The Hall–Kier alpha value is -0.520. The van der Waals surface area contributed by atoms with Gasteiger partial charge in [-0.3, -0.25) is 0 Å². The predicted octanol–water partition coefficient (Wildman–Crippen LogP) is 3.07. The van der Waals surface area contributed by atoms with Crippen molar-refractivity contribution in [2.75, 3.05) is 33.5 Å². The van der Waals surface area contributed by atoms with Gasteiger partial charge in [0, 0.05) is 11.1 Å². The Morgan fingerprint density at radius 3 is 2.75 bits per heavy atom. The molecule has 0 radical (unpaired) electrons. The maximum atomic E-state index is 6.35. The van der Waals surface area contributed by atoms with Crippen LogP contribution in [0, 0.1) is 0 Å². The fourth-order valence-electron chi connectivity index (χ4n) is 2.29. The highest BCUT2D eigenvalue weighted by molar-refractivity contribution is 6.34. The van der Waals surface area contributed by atoms with Crippen LogP contribution in [0.25, 0.3) is 0 Å². The van der Waals surface area contributed by atoms with Gasteiger partial charge in [-0.15, -0.1) is 0 Å². The Bertz CT molecular complexity index is 450. The molecule has 20 heavy (non-hydrogen) atoms. The fourth-order valence-corrected chi connectivity index (χ4v) is 2.79. The lowest BCUT2D eigenvalue weighted by atomic mass is 10.0. The van der Waals surface area contributed by atoms with Crippen LogP contribution in [0.1, 0.15) is 18.5 Å². The summed E-state index contributed by atoms with van der Waals surface area (Å²) in [5, 5.41) is 4.37. The van der Waals surface area contributed by atoms with Crippen molar-refractivity contribution in [3.8, 4) is 5.75 Å². The second kappa shape index (κ2) is 7.48. The molecule has 1 fully saturated rings. The zero-order valence-electron chi connectivity index (χ0n) is 11.6. The van der Waals surface area contributed by atoms with E-state index in [4.69, 9.17) is 37.4 Å². The van der Waals surface area contributed by atoms with Crippen molar-refractivity contribution in [3.05, 3.63) is 27.7 Å². The maximum absolute atomic E-state index is 6.35. The third-order valence-corrected chi connectivity index (χ3v) is 3.83. The molecule has 1 heterocycles. The number of halogens is 2. The van der Waals surface area contributed by atoms with Crippen molar-refractivity contribution in [3.63, 3.8) is 0 Å². The first-order valence-electron chi connectivity index (χ1n) is 6.65. The molecule has 0 aromatic heterocycles. The lowest BCUT2D eigenvalue weighted by Crippen LogP contribution is -2.39. The number of nitrogens with one attached hydrogen (secondary N) is 1. The van der Waals surface area contributed by atoms with Crippen molar-refractivity contribution in [1.29, 1.82) is 0 Å². The maximum Gasteiger partial charge on any atom is 0.139 e. The van der Waals surface area contributed by atoms with E-state index in [0.29, 0.717) is 42.2 Å². The molecular formula is C14H19Cl2NO3. The van der Waals surface area contributed by atoms with E-state index in [1.165, 1.54) is 0 Å². The fraction of sp³-hybridized carbons (Fsp3) is 0.571. The first kappa shape index (κ1) is 15.9. The monoisotopic (exact) mass is 319 g/mol. The molecule has 1 saturated heterocycles. The Morgan fingerprint density at radius 1 is 1.35 bits per heavy atom. The summed E-state index contributed by atoms with van der Waals surface area (Å²) in [6, 6.07) is 3.50. The first-order valence-corrected chi connectivity index (χ1v) is 7.41. The molecule has 1 aliphatic rings. The molecule has 1 N–H and O–H groups in total. The molecule has 0 saturated carbocycles. The summed E-state index contributed by atoms with van der Waals surface area (Å²) in [4.78, 5) is 0. The highest BCUT2D eigenvalue weighted by Gasteiger charge is 2.27. The smallest absolute Gasteiger partial charge is 0.139 e. The summed E-state index contributed by atoms with van der Waals surface area (Å²) >= 11 is 12.6. The first-order chi connectivity index (χ1) is 9.67. The second-order valence-electron chi connectivity index (χ2n) is 4.49. The summed E-state index contributed by atoms with van der Waals surface area (Å²) in [5.74, 6) is 0.596. The van der Waals surface area contributed by atoms with E-state index in [1.54, 1.807) is 6.07 Å². The molecule has 1 aromatic rings. The lowest BCUT2D eigenvalue weighted by Gasteiger charge is -2.31. The van der Waals surface area contributed by atoms with Crippen molar-refractivity contribution in [2.24, 2.45) is 0 Å². The molecule has 1 aliphatic heterocycles. The molecule has 0 spiro atoms. The summed E-state index contributed by atoms with van der Waals surface area (Å²) in [5.41, 5.74) is 0.887. The third-order valence-electron chi connectivity index (χ3n) is 3.21. The van der Waals surface area contributed by atoms with Crippen molar-refractivity contribution in [2.45, 2.75) is 19.1 Å². The van der Waals surface area contributed by atoms with Gasteiger partial charge in [-0.1, -0.05) is 23.2 Å². The van der Waals surface area contributed by atoms with Gasteiger partial charge >= 0.3 is 0 Å². The van der Waals surface area contributed by atoms with Gasteiger partial charge in [0.2, 0.25) is 0 Å². The molecular weight excluding hydrogens is 301 g/mol. The van der Waals surface area contributed by atoms with Crippen LogP contribution < -0.4 is 10.1 Å². The Kier molecular flexibility index (Phi) is 5.93. The van der Waals surface area contributed by atoms with Crippen LogP contribution in [0.4, 0.5) is 0 Å². The number of likely N-dealkylation sites (N-methyl/N-ethyl adjacent to an activating group) is 1. The van der Waals surface area contributed by atoms with Gasteiger partial charge < -0.3 is 19.5 Å². The van der Waals surface area contributed by atoms with Crippen LogP contribution in [0.3, 0.4) is 0 Å². The number of benzene rings is 1. The molecule has 1 aromatic carbocycles. The standard InChI is InChI=1S/C14H19Cl2NO3/c1-3-19-12-7-10(15)9(6-11(12)16)14(17-2)13-8-18-4-5-20-13/h6-7,13-14,17H,3-5,8H2,1-2H3. The van der Waals surface area contributed by atoms with Crippen LogP contribution in [-0.2, 0) is 9.47 Å². The van der Waals surface area contributed by atoms with Gasteiger partial charge in [0.25, 0.3) is 0 Å². The average Bonchev–Trinajstić information content (AvgIpc) is 2.46. The van der Waals surface area contributed by atoms with Crippen LogP contribution >= 0.6 is 23.2 Å². The SMILES string of the molecule is CCOc1cc(Cl)c(C(NC)C2COCCO2)cc1Cl. The largest absolute Gasteiger partial charge is 0.492 e. The van der Waals surface area contributed by atoms with Crippen LogP contribution in [0.15, 0.2) is 12.1 Å². The van der Waals surface area contributed by atoms with E-state index in [1.807, 2.05) is 20.0 Å². The topological polar surface area (TPSA) is 39.7 Å². The lowest BCUT2D eigenvalue weighted by molar-refractivity contribution is -0.101. The number of hydrogen-bond donors (Lipinski definition) is 1. The Labute approximate surface area is 129 Å². The average molecular weight is 320 g/mol. The highest BCUT2D eigenvalue weighted by Crippen LogP contribution is 2.36. The van der Waals surface area contributed by atoms with Crippen LogP contribution in [0.2, 0.25) is 10.0 Å². The molecule has 2 rings (SSSR count). The molecule has 4 nitrogen and oxygen atoms in total. The van der Waals surface area contributed by atoms with Crippen molar-refractivity contribution < 1.29 is 14.2 Å². The molecule has 0 bridgehead atoms. The number of ether oxygens (including phenoxy) is 3. The minimum Gasteiger partial charge on any atom is -0.492 e. The Morgan fingerprint density at radius 2 is 2.15 bits per heavy atom. The van der Waals surface area contributed by atoms with Crippen molar-refractivity contribution >= 4 is 23.2 Å². The van der Waals surface area contributed by atoms with Gasteiger partial charge in [0.05, 0.1) is 37.5 Å². The van der Waals surface area contributed by atoms with Gasteiger partial charge in [-0.2, -0.15) is 0 Å². The Balaban J connectivity index is 2.27. The highest BCUT2D eigenvalue weighted by atomic mass is 35.5. The molecule has 0 amide bonds. The van der Waals surface area contributed by atoms with Gasteiger partial charge in [0.1, 0.15) is 11.9 Å². The summed E-state index contributed by atoms with van der Waals surface area (Å²) in [6.45, 7) is 4.20. The molecule has 0 aliphatic carbocycles. The predicted molar refractivity (Wildman–Crippen MR) is 80.0 cm³/mol. The minimum atomic E-state index is -0.0831. The minimum absolute atomic E-state index is 0.0732. The van der Waals surface area contributed by atoms with E-state index < -0.39 is 0 Å². The van der Waals surface area contributed by atoms with E-state index in [9.17, 15) is 0 Å². The van der Waals surface area contributed by atoms with E-state index in [-0.39, 0.29) is 12.1 Å². The molecule has 2 unspecified atom stereocenters. The summed E-state index contributed by atoms with van der Waals surface area (Å²) in [6.07, 6.45) is -0.0831. The normalized spacial score (nSPS) is 20.7. The van der Waals surface area contributed by atoms with Crippen molar-refractivity contribution in [1.82, 2.24) is 5.32 Å². The van der Waals surface area contributed by atoms with E-state index in [2.05, 4.69) is 5.32 Å². The molecule has 112 valence electrons. The summed E-state index contributed by atoms with van der Waals surface area (Å²) < 4.78 is 16.6. The molecule has 6 heteroatoms. The van der Waals surface area contributed by atoms with Crippen LogP contribution in [0.5, 0.6) is 5.75 Å². The zero-order valence-corrected chi connectivity index (χ0v) is 13.1. The molecule has 2 atom stereocenters. The van der Waals surface area contributed by atoms with E-state index in [0.717, 1.165) is 5.56 Å². The number of hydrogen-bond acceptors (Lipinski definition) is 4. The van der Waals surface area contributed by atoms with Crippen LogP contribution in [-0.4, -0.2) is 39.6 Å². The second-order valence-corrected chi connectivity index (χ2v) is 5.30. The zero-order chi connectivity index (χ0) is 14.5. The summed E-state index contributed by atoms with van der Waals surface area (Å²) in [7, 11) is 1.86. The number of rotatable bonds is 5.